The van der Waals surface area contributed by atoms with Crippen LogP contribution in [-0.4, -0.2) is 5.11 Å². The van der Waals surface area contributed by atoms with Gasteiger partial charge in [0.15, 0.2) is 0 Å². The zero-order chi connectivity index (χ0) is 11.7. The molecule has 0 saturated carbocycles. The van der Waals surface area contributed by atoms with Crippen molar-refractivity contribution in [2.45, 2.75) is 18.7 Å². The van der Waals surface area contributed by atoms with Gasteiger partial charge < -0.3 is 5.11 Å². The van der Waals surface area contributed by atoms with Crippen LogP contribution in [0.5, 0.6) is 5.75 Å². The van der Waals surface area contributed by atoms with Gasteiger partial charge in [-0.25, -0.2) is 0 Å². The van der Waals surface area contributed by atoms with Crippen LogP contribution >= 0.6 is 12.6 Å². The molecular formula is C14H14OS. The van der Waals surface area contributed by atoms with Crippen molar-refractivity contribution in [2.75, 3.05) is 0 Å². The van der Waals surface area contributed by atoms with Crippen molar-refractivity contribution in [3.8, 4) is 16.9 Å². The Labute approximate surface area is 101 Å². The highest BCUT2D eigenvalue weighted by molar-refractivity contribution is 7.80. The lowest BCUT2D eigenvalue weighted by molar-refractivity contribution is 0.477. The molecule has 0 spiro atoms. The lowest BCUT2D eigenvalue weighted by Crippen LogP contribution is -1.84. The molecule has 0 saturated heterocycles. The molecule has 0 radical (unpaired) electrons. The highest BCUT2D eigenvalue weighted by atomic mass is 32.1. The van der Waals surface area contributed by atoms with E-state index in [0.717, 1.165) is 21.6 Å². The van der Waals surface area contributed by atoms with Gasteiger partial charge in [0.2, 0.25) is 0 Å². The second-order valence-electron chi connectivity index (χ2n) is 4.04. The molecule has 2 aromatic rings. The Kier molecular flexibility index (Phi) is 2.92. The summed E-state index contributed by atoms with van der Waals surface area (Å²) >= 11 is 4.44. The van der Waals surface area contributed by atoms with E-state index in [9.17, 15) is 5.11 Å². The molecule has 0 aliphatic rings. The first-order chi connectivity index (χ1) is 7.58. The summed E-state index contributed by atoms with van der Waals surface area (Å²) in [5.41, 5.74) is 4.01. The molecule has 82 valence electrons. The molecule has 0 aliphatic heterocycles. The Hall–Kier alpha value is -1.41. The van der Waals surface area contributed by atoms with Crippen molar-refractivity contribution < 1.29 is 5.11 Å². The Balaban J connectivity index is 2.59. The Morgan fingerprint density at radius 3 is 2.00 bits per heavy atom. The maximum absolute atomic E-state index is 9.90. The Bertz CT molecular complexity index is 483. The molecule has 16 heavy (non-hydrogen) atoms. The van der Waals surface area contributed by atoms with Gasteiger partial charge in [-0.3, -0.25) is 0 Å². The van der Waals surface area contributed by atoms with Gasteiger partial charge in [0.25, 0.3) is 0 Å². The molecule has 0 fully saturated rings. The first-order valence-electron chi connectivity index (χ1n) is 5.17. The predicted octanol–water partition coefficient (Wildman–Crippen LogP) is 3.96. The molecule has 2 aromatic carbocycles. The zero-order valence-electron chi connectivity index (χ0n) is 9.36. The highest BCUT2D eigenvalue weighted by Gasteiger charge is 2.07. The molecule has 0 aliphatic carbocycles. The maximum atomic E-state index is 9.90. The molecule has 1 nitrogen and oxygen atoms in total. The highest BCUT2D eigenvalue weighted by Crippen LogP contribution is 2.34. The van der Waals surface area contributed by atoms with E-state index in [1.807, 2.05) is 44.2 Å². The molecule has 0 bridgehead atoms. The third-order valence-corrected chi connectivity index (χ3v) is 2.97. The van der Waals surface area contributed by atoms with Crippen molar-refractivity contribution in [1.82, 2.24) is 0 Å². The Morgan fingerprint density at radius 2 is 1.44 bits per heavy atom. The van der Waals surface area contributed by atoms with Crippen LogP contribution in [-0.2, 0) is 0 Å². The molecule has 0 heterocycles. The molecule has 0 unspecified atom stereocenters. The van der Waals surface area contributed by atoms with E-state index < -0.39 is 0 Å². The van der Waals surface area contributed by atoms with Crippen LogP contribution in [0.4, 0.5) is 0 Å². The van der Waals surface area contributed by atoms with Crippen molar-refractivity contribution in [3.63, 3.8) is 0 Å². The van der Waals surface area contributed by atoms with E-state index >= 15 is 0 Å². The molecule has 0 amide bonds. The fraction of sp³-hybridized carbons (Fsp3) is 0.143. The first kappa shape index (κ1) is 11.1. The van der Waals surface area contributed by atoms with Crippen LogP contribution in [0.25, 0.3) is 11.1 Å². The van der Waals surface area contributed by atoms with E-state index in [-0.39, 0.29) is 0 Å². The van der Waals surface area contributed by atoms with Gasteiger partial charge in [0, 0.05) is 10.5 Å². The van der Waals surface area contributed by atoms with Gasteiger partial charge in [0.05, 0.1) is 0 Å². The monoisotopic (exact) mass is 230 g/mol. The lowest BCUT2D eigenvalue weighted by Gasteiger charge is -2.09. The smallest absolute Gasteiger partial charge is 0.123 e. The van der Waals surface area contributed by atoms with E-state index in [2.05, 4.69) is 12.6 Å². The van der Waals surface area contributed by atoms with Crippen molar-refractivity contribution in [2.24, 2.45) is 0 Å². The predicted molar refractivity (Wildman–Crippen MR) is 70.3 cm³/mol. The summed E-state index contributed by atoms with van der Waals surface area (Å²) < 4.78 is 0. The Morgan fingerprint density at radius 1 is 0.875 bits per heavy atom. The maximum Gasteiger partial charge on any atom is 0.123 e. The normalized spacial score (nSPS) is 10.4. The van der Waals surface area contributed by atoms with Crippen LogP contribution in [0, 0.1) is 13.8 Å². The minimum absolute atomic E-state index is 0.305. The molecule has 0 aromatic heterocycles. The molecular weight excluding hydrogens is 216 g/mol. The van der Waals surface area contributed by atoms with Crippen LogP contribution in [0.2, 0.25) is 0 Å². The van der Waals surface area contributed by atoms with Crippen LogP contribution < -0.4 is 0 Å². The third kappa shape index (κ3) is 2.07. The van der Waals surface area contributed by atoms with E-state index in [4.69, 9.17) is 0 Å². The second-order valence-corrected chi connectivity index (χ2v) is 4.52. The van der Waals surface area contributed by atoms with Gasteiger partial charge in [-0.2, -0.15) is 0 Å². The SMILES string of the molecule is Cc1ccc(-c2ccc(C)cc2S)c(O)c1. The van der Waals surface area contributed by atoms with Crippen LogP contribution in [0.3, 0.4) is 0 Å². The number of phenols is 1. The van der Waals surface area contributed by atoms with Crippen molar-refractivity contribution >= 4 is 12.6 Å². The summed E-state index contributed by atoms with van der Waals surface area (Å²) in [4.78, 5) is 0.888. The van der Waals surface area contributed by atoms with Crippen molar-refractivity contribution in [3.05, 3.63) is 47.5 Å². The number of hydrogen-bond donors (Lipinski definition) is 2. The zero-order valence-corrected chi connectivity index (χ0v) is 10.3. The number of phenolic OH excluding ortho intramolecular Hbond substituents is 1. The van der Waals surface area contributed by atoms with Gasteiger partial charge in [-0.05, 0) is 42.7 Å². The van der Waals surface area contributed by atoms with Gasteiger partial charge in [-0.15, -0.1) is 12.6 Å². The first-order valence-corrected chi connectivity index (χ1v) is 5.62. The third-order valence-electron chi connectivity index (χ3n) is 2.60. The van der Waals surface area contributed by atoms with Crippen LogP contribution in [0.1, 0.15) is 11.1 Å². The van der Waals surface area contributed by atoms with E-state index in [1.54, 1.807) is 6.07 Å². The van der Waals surface area contributed by atoms with E-state index in [1.165, 1.54) is 5.56 Å². The summed E-state index contributed by atoms with van der Waals surface area (Å²) in [5, 5.41) is 9.90. The van der Waals surface area contributed by atoms with Crippen LogP contribution in [0.15, 0.2) is 41.3 Å². The fourth-order valence-electron chi connectivity index (χ4n) is 1.74. The number of hydrogen-bond acceptors (Lipinski definition) is 2. The largest absolute Gasteiger partial charge is 0.507 e. The second kappa shape index (κ2) is 4.22. The summed E-state index contributed by atoms with van der Waals surface area (Å²) in [5.74, 6) is 0.305. The van der Waals surface area contributed by atoms with Crippen molar-refractivity contribution in [1.29, 1.82) is 0 Å². The summed E-state index contributed by atoms with van der Waals surface area (Å²) in [7, 11) is 0. The average Bonchev–Trinajstić information content (AvgIpc) is 2.19. The minimum atomic E-state index is 0.305. The number of aryl methyl sites for hydroxylation is 2. The number of benzene rings is 2. The average molecular weight is 230 g/mol. The molecule has 1 N–H and O–H groups in total. The molecule has 0 atom stereocenters. The topological polar surface area (TPSA) is 20.2 Å². The van der Waals surface area contributed by atoms with E-state index in [0.29, 0.717) is 5.75 Å². The summed E-state index contributed by atoms with van der Waals surface area (Å²) in [6.07, 6.45) is 0. The van der Waals surface area contributed by atoms with Gasteiger partial charge in [-0.1, -0.05) is 24.3 Å². The summed E-state index contributed by atoms with van der Waals surface area (Å²) in [6.45, 7) is 3.98. The number of thiol groups is 1. The minimum Gasteiger partial charge on any atom is -0.507 e. The summed E-state index contributed by atoms with van der Waals surface area (Å²) in [6, 6.07) is 11.7. The molecule has 2 rings (SSSR count). The fourth-order valence-corrected chi connectivity index (χ4v) is 2.14. The standard InChI is InChI=1S/C14H14OS/c1-9-3-5-11(13(15)7-9)12-6-4-10(2)8-14(12)16/h3-8,15-16H,1-2H3. The molecule has 2 heteroatoms. The van der Waals surface area contributed by atoms with Gasteiger partial charge >= 0.3 is 0 Å². The quantitative estimate of drug-likeness (QED) is 0.710. The van der Waals surface area contributed by atoms with Gasteiger partial charge in [0.1, 0.15) is 5.75 Å². The number of aromatic hydroxyl groups is 1. The number of rotatable bonds is 1. The lowest BCUT2D eigenvalue weighted by atomic mass is 10.0.